The fourth-order valence-electron chi connectivity index (χ4n) is 2.64. The van der Waals surface area contributed by atoms with E-state index in [-0.39, 0.29) is 24.1 Å². The predicted octanol–water partition coefficient (Wildman–Crippen LogP) is 0.403. The Labute approximate surface area is 148 Å². The summed E-state index contributed by atoms with van der Waals surface area (Å²) in [4.78, 5) is 66.9. The number of carbonyl (C=O) groups excluding carboxylic acids is 5. The molecule has 2 heterocycles. The molecule has 1 aromatic carbocycles. The van der Waals surface area contributed by atoms with Crippen LogP contribution in [0.1, 0.15) is 23.2 Å². The summed E-state index contributed by atoms with van der Waals surface area (Å²) in [6, 6.07) is 4.27. The first kappa shape index (κ1) is 17.3. The number of imide groups is 2. The van der Waals surface area contributed by atoms with Crippen molar-refractivity contribution >= 4 is 41.0 Å². The minimum absolute atomic E-state index is 0.00870. The van der Waals surface area contributed by atoms with Gasteiger partial charge in [-0.05, 0) is 18.2 Å². The van der Waals surface area contributed by atoms with Gasteiger partial charge in [-0.3, -0.25) is 19.2 Å². The first-order valence-electron chi connectivity index (χ1n) is 7.75. The summed E-state index contributed by atoms with van der Waals surface area (Å²) in [6.45, 7) is 0. The van der Waals surface area contributed by atoms with E-state index in [2.05, 4.69) is 0 Å². The van der Waals surface area contributed by atoms with E-state index in [4.69, 9.17) is 4.84 Å². The maximum Gasteiger partial charge on any atom is 0.363 e. The van der Waals surface area contributed by atoms with Crippen LogP contribution in [0.2, 0.25) is 0 Å². The minimum Gasteiger partial charge on any atom is -0.376 e. The van der Waals surface area contributed by atoms with Crippen molar-refractivity contribution in [3.63, 3.8) is 0 Å². The molecule has 0 atom stereocenters. The molecule has 3 rings (SSSR count). The normalized spacial score (nSPS) is 16.7. The van der Waals surface area contributed by atoms with Crippen molar-refractivity contribution < 1.29 is 28.8 Å². The van der Waals surface area contributed by atoms with Gasteiger partial charge in [-0.1, -0.05) is 0 Å². The Kier molecular flexibility index (Phi) is 4.29. The molecule has 1 fully saturated rings. The third-order valence-corrected chi connectivity index (χ3v) is 3.92. The van der Waals surface area contributed by atoms with Crippen LogP contribution < -0.4 is 9.80 Å². The average molecular weight is 357 g/mol. The zero-order valence-electron chi connectivity index (χ0n) is 14.1. The van der Waals surface area contributed by atoms with E-state index >= 15 is 0 Å². The number of anilines is 2. The van der Waals surface area contributed by atoms with Gasteiger partial charge in [0.2, 0.25) is 0 Å². The summed E-state index contributed by atoms with van der Waals surface area (Å²) in [6.07, 6.45) is 2.24. The molecule has 1 saturated heterocycles. The second-order valence-corrected chi connectivity index (χ2v) is 5.90. The summed E-state index contributed by atoms with van der Waals surface area (Å²) < 4.78 is 0. The molecule has 0 spiro atoms. The fraction of sp³-hybridized carbons (Fsp3) is 0.235. The smallest absolute Gasteiger partial charge is 0.363 e. The number of rotatable bonds is 4. The molecule has 0 aromatic heterocycles. The number of hydrogen-bond donors (Lipinski definition) is 0. The summed E-state index contributed by atoms with van der Waals surface area (Å²) >= 11 is 0. The zero-order valence-corrected chi connectivity index (χ0v) is 14.1. The highest BCUT2D eigenvalue weighted by Crippen LogP contribution is 2.32. The number of nitrogens with zero attached hydrogens (tertiary/aromatic N) is 3. The summed E-state index contributed by atoms with van der Waals surface area (Å²) in [5.74, 6) is -3.19. The molecule has 4 amide bonds. The maximum absolute atomic E-state index is 12.3. The third kappa shape index (κ3) is 2.94. The van der Waals surface area contributed by atoms with Crippen LogP contribution >= 0.6 is 0 Å². The van der Waals surface area contributed by atoms with Gasteiger partial charge in [-0.15, -0.1) is 5.06 Å². The van der Waals surface area contributed by atoms with Crippen LogP contribution in [0.3, 0.4) is 0 Å². The Hall–Kier alpha value is -3.49. The minimum atomic E-state index is -0.938. The molecule has 2 aliphatic heterocycles. The zero-order chi connectivity index (χ0) is 19.0. The fourth-order valence-corrected chi connectivity index (χ4v) is 2.64. The Balaban J connectivity index is 1.94. The molecule has 0 bridgehead atoms. The molecule has 1 aromatic rings. The maximum atomic E-state index is 12.3. The molecule has 0 unspecified atom stereocenters. The van der Waals surface area contributed by atoms with Gasteiger partial charge in [-0.25, -0.2) is 9.69 Å². The van der Waals surface area contributed by atoms with Crippen molar-refractivity contribution in [1.29, 1.82) is 0 Å². The Morgan fingerprint density at radius 3 is 2.12 bits per heavy atom. The number of amides is 4. The van der Waals surface area contributed by atoms with Crippen LogP contribution in [0.15, 0.2) is 30.4 Å². The number of hydroxylamine groups is 2. The SMILES string of the molecule is CN(C)c1ccc(C(=O)ON2C(=O)CCC2=O)cc1N1C(=O)C=CC1=O. The second-order valence-electron chi connectivity index (χ2n) is 5.90. The Bertz CT molecular complexity index is 839. The topological polar surface area (TPSA) is 104 Å². The molecule has 0 aliphatic carbocycles. The van der Waals surface area contributed by atoms with E-state index in [1.807, 2.05) is 0 Å². The Morgan fingerprint density at radius 1 is 1.00 bits per heavy atom. The number of carbonyl (C=O) groups is 5. The van der Waals surface area contributed by atoms with Gasteiger partial charge in [0.05, 0.1) is 16.9 Å². The van der Waals surface area contributed by atoms with Crippen molar-refractivity contribution in [2.75, 3.05) is 23.9 Å². The second kappa shape index (κ2) is 6.43. The first-order valence-corrected chi connectivity index (χ1v) is 7.75. The molecule has 2 aliphatic rings. The molecule has 0 N–H and O–H groups in total. The number of benzene rings is 1. The van der Waals surface area contributed by atoms with Crippen LogP contribution in [-0.4, -0.2) is 48.8 Å². The molecule has 134 valence electrons. The lowest BCUT2D eigenvalue weighted by Gasteiger charge is -2.23. The monoisotopic (exact) mass is 357 g/mol. The Morgan fingerprint density at radius 2 is 1.58 bits per heavy atom. The van der Waals surface area contributed by atoms with E-state index in [0.29, 0.717) is 10.8 Å². The molecule has 26 heavy (non-hydrogen) atoms. The molecular weight excluding hydrogens is 342 g/mol. The van der Waals surface area contributed by atoms with Gasteiger partial charge >= 0.3 is 5.97 Å². The van der Waals surface area contributed by atoms with Crippen molar-refractivity contribution in [2.24, 2.45) is 0 Å². The van der Waals surface area contributed by atoms with Crippen LogP contribution in [0.25, 0.3) is 0 Å². The van der Waals surface area contributed by atoms with Gasteiger partial charge in [0.15, 0.2) is 0 Å². The van der Waals surface area contributed by atoms with Gasteiger partial charge in [0.25, 0.3) is 23.6 Å². The standard InChI is InChI=1S/C17H15N3O6/c1-18(2)11-4-3-10(9-12(11)19-13(21)5-6-14(19)22)17(25)26-20-15(23)7-8-16(20)24/h3-6,9H,7-8H2,1-2H3. The van der Waals surface area contributed by atoms with Gasteiger partial charge < -0.3 is 9.74 Å². The van der Waals surface area contributed by atoms with Crippen LogP contribution in [0, 0.1) is 0 Å². The lowest BCUT2D eigenvalue weighted by Crippen LogP contribution is -2.33. The predicted molar refractivity (Wildman–Crippen MR) is 88.9 cm³/mol. The summed E-state index contributed by atoms with van der Waals surface area (Å²) in [5.41, 5.74) is 0.717. The van der Waals surface area contributed by atoms with E-state index in [0.717, 1.165) is 17.1 Å². The molecule has 0 radical (unpaired) electrons. The highest BCUT2D eigenvalue weighted by atomic mass is 16.7. The van der Waals surface area contributed by atoms with Crippen molar-refractivity contribution in [3.05, 3.63) is 35.9 Å². The van der Waals surface area contributed by atoms with Crippen LogP contribution in [0.4, 0.5) is 11.4 Å². The van der Waals surface area contributed by atoms with Crippen LogP contribution in [0.5, 0.6) is 0 Å². The highest BCUT2D eigenvalue weighted by Gasteiger charge is 2.34. The van der Waals surface area contributed by atoms with E-state index < -0.39 is 29.6 Å². The largest absolute Gasteiger partial charge is 0.376 e. The van der Waals surface area contributed by atoms with E-state index in [9.17, 15) is 24.0 Å². The summed E-state index contributed by atoms with van der Waals surface area (Å²) in [5, 5.41) is 0.440. The van der Waals surface area contributed by atoms with E-state index in [1.165, 1.54) is 12.1 Å². The molecular formula is C17H15N3O6. The van der Waals surface area contributed by atoms with Crippen molar-refractivity contribution in [2.45, 2.75) is 12.8 Å². The quantitative estimate of drug-likeness (QED) is 0.719. The van der Waals surface area contributed by atoms with Gasteiger partial charge in [-0.2, -0.15) is 0 Å². The summed E-state index contributed by atoms with van der Waals surface area (Å²) in [7, 11) is 3.44. The van der Waals surface area contributed by atoms with Crippen LogP contribution in [-0.2, 0) is 24.0 Å². The molecule has 9 nitrogen and oxygen atoms in total. The number of hydrogen-bond acceptors (Lipinski definition) is 7. The average Bonchev–Trinajstić information content (AvgIpc) is 3.10. The van der Waals surface area contributed by atoms with E-state index in [1.54, 1.807) is 25.1 Å². The lowest BCUT2D eigenvalue weighted by molar-refractivity contribution is -0.172. The molecule has 0 saturated carbocycles. The lowest BCUT2D eigenvalue weighted by atomic mass is 10.1. The van der Waals surface area contributed by atoms with Gasteiger partial charge in [0, 0.05) is 39.1 Å². The van der Waals surface area contributed by atoms with Crippen molar-refractivity contribution in [1.82, 2.24) is 5.06 Å². The van der Waals surface area contributed by atoms with Gasteiger partial charge in [0.1, 0.15) is 0 Å². The molecule has 9 heteroatoms. The first-order chi connectivity index (χ1) is 12.3. The highest BCUT2D eigenvalue weighted by molar-refractivity contribution is 6.29. The van der Waals surface area contributed by atoms with Crippen molar-refractivity contribution in [3.8, 4) is 0 Å². The third-order valence-electron chi connectivity index (χ3n) is 3.92.